The molecule has 0 aliphatic heterocycles. The van der Waals surface area contributed by atoms with E-state index in [1.165, 1.54) is 7.11 Å². The molecule has 0 bridgehead atoms. The summed E-state index contributed by atoms with van der Waals surface area (Å²) in [5.41, 5.74) is 0.873. The molecular formula is C22H19ClN4O4. The van der Waals surface area contributed by atoms with Crippen LogP contribution >= 0.6 is 11.6 Å². The van der Waals surface area contributed by atoms with Gasteiger partial charge in [-0.3, -0.25) is 4.98 Å². The Morgan fingerprint density at radius 3 is 2.52 bits per heavy atom. The number of halogens is 1. The van der Waals surface area contributed by atoms with Crippen LogP contribution in [0.3, 0.4) is 0 Å². The van der Waals surface area contributed by atoms with E-state index in [-0.39, 0.29) is 16.5 Å². The fourth-order valence-corrected chi connectivity index (χ4v) is 3.92. The first kappa shape index (κ1) is 20.8. The molecule has 1 unspecified atom stereocenters. The Labute approximate surface area is 182 Å². The van der Waals surface area contributed by atoms with Crippen molar-refractivity contribution < 1.29 is 19.7 Å². The molecule has 3 heterocycles. The lowest BCUT2D eigenvalue weighted by atomic mass is 9.83. The van der Waals surface area contributed by atoms with E-state index in [1.807, 2.05) is 6.92 Å². The highest BCUT2D eigenvalue weighted by molar-refractivity contribution is 6.38. The number of carbonyl (C=O) groups is 1. The van der Waals surface area contributed by atoms with E-state index < -0.39 is 11.6 Å². The van der Waals surface area contributed by atoms with Crippen molar-refractivity contribution in [3.05, 3.63) is 82.2 Å². The Kier molecular flexibility index (Phi) is 5.12. The number of hydrogen-bond acceptors (Lipinski definition) is 6. The molecule has 0 saturated heterocycles. The maximum absolute atomic E-state index is 12.0. The first-order valence-electron chi connectivity index (χ1n) is 9.30. The van der Waals surface area contributed by atoms with Gasteiger partial charge in [0.25, 0.3) is 0 Å². The summed E-state index contributed by atoms with van der Waals surface area (Å²) >= 11 is 6.45. The number of aromatic nitrogens is 4. The summed E-state index contributed by atoms with van der Waals surface area (Å²) in [4.78, 5) is 24.5. The van der Waals surface area contributed by atoms with Gasteiger partial charge in [0.15, 0.2) is 5.60 Å². The molecule has 0 fully saturated rings. The first-order valence-corrected chi connectivity index (χ1v) is 9.68. The number of ether oxygens (including phenoxy) is 1. The number of imidazole rings is 1. The van der Waals surface area contributed by atoms with E-state index in [9.17, 15) is 15.0 Å². The Balaban J connectivity index is 2.03. The third kappa shape index (κ3) is 3.30. The van der Waals surface area contributed by atoms with E-state index in [0.29, 0.717) is 27.7 Å². The second kappa shape index (κ2) is 7.64. The van der Waals surface area contributed by atoms with Crippen LogP contribution in [0.15, 0.2) is 49.1 Å². The third-order valence-electron chi connectivity index (χ3n) is 5.23. The number of pyridine rings is 2. The molecule has 0 amide bonds. The molecule has 31 heavy (non-hydrogen) atoms. The zero-order valence-electron chi connectivity index (χ0n) is 17.0. The number of carboxylic acids is 1. The number of carboxylic acid groups (broad SMARTS) is 1. The van der Waals surface area contributed by atoms with Gasteiger partial charge in [0.2, 0.25) is 5.88 Å². The van der Waals surface area contributed by atoms with Gasteiger partial charge in [-0.25, -0.2) is 14.8 Å². The van der Waals surface area contributed by atoms with Gasteiger partial charge < -0.3 is 19.5 Å². The molecule has 0 aliphatic rings. The summed E-state index contributed by atoms with van der Waals surface area (Å²) in [6.45, 7) is 1.86. The van der Waals surface area contributed by atoms with Crippen LogP contribution in [0.25, 0.3) is 10.9 Å². The fourth-order valence-electron chi connectivity index (χ4n) is 3.61. The number of aryl methyl sites for hydroxylation is 2. The van der Waals surface area contributed by atoms with Gasteiger partial charge >= 0.3 is 5.97 Å². The molecule has 9 heteroatoms. The number of aromatic carboxylic acids is 1. The minimum atomic E-state index is -1.62. The maximum atomic E-state index is 12.0. The zero-order chi connectivity index (χ0) is 22.3. The monoisotopic (exact) mass is 438 g/mol. The Hall–Kier alpha value is -3.49. The van der Waals surface area contributed by atoms with E-state index in [4.69, 9.17) is 16.3 Å². The van der Waals surface area contributed by atoms with Crippen molar-refractivity contribution in [2.75, 3.05) is 7.11 Å². The highest BCUT2D eigenvalue weighted by atomic mass is 35.5. The topological polar surface area (TPSA) is 110 Å². The number of methoxy groups -OCH3 is 1. The highest BCUT2D eigenvalue weighted by Crippen LogP contribution is 2.39. The molecule has 0 saturated carbocycles. The van der Waals surface area contributed by atoms with Crippen molar-refractivity contribution in [3.8, 4) is 5.88 Å². The van der Waals surface area contributed by atoms with Crippen molar-refractivity contribution in [1.82, 2.24) is 19.5 Å². The largest absolute Gasteiger partial charge is 0.480 e. The summed E-state index contributed by atoms with van der Waals surface area (Å²) < 4.78 is 6.81. The second-order valence-corrected chi connectivity index (χ2v) is 7.51. The van der Waals surface area contributed by atoms with Crippen LogP contribution in [-0.2, 0) is 12.6 Å². The minimum absolute atomic E-state index is 0.0226. The number of fused-ring (bicyclic) bond motifs is 1. The molecular weight excluding hydrogens is 420 g/mol. The summed E-state index contributed by atoms with van der Waals surface area (Å²) in [5, 5.41) is 21.9. The molecule has 4 rings (SSSR count). The van der Waals surface area contributed by atoms with Gasteiger partial charge in [-0.05, 0) is 30.7 Å². The van der Waals surface area contributed by atoms with Crippen molar-refractivity contribution in [1.29, 1.82) is 0 Å². The molecule has 0 aliphatic carbocycles. The normalized spacial score (nSPS) is 13.2. The van der Waals surface area contributed by atoms with E-state index in [1.54, 1.807) is 60.7 Å². The van der Waals surface area contributed by atoms with Gasteiger partial charge in [-0.1, -0.05) is 23.7 Å². The van der Waals surface area contributed by atoms with Crippen LogP contribution in [0.1, 0.15) is 32.9 Å². The van der Waals surface area contributed by atoms with Crippen LogP contribution in [0, 0.1) is 6.92 Å². The van der Waals surface area contributed by atoms with E-state index >= 15 is 0 Å². The number of aliphatic hydroxyl groups is 1. The van der Waals surface area contributed by atoms with Crippen LogP contribution < -0.4 is 4.74 Å². The molecule has 0 radical (unpaired) electrons. The molecule has 3 aromatic heterocycles. The van der Waals surface area contributed by atoms with Crippen LogP contribution in [-0.4, -0.2) is 42.8 Å². The lowest BCUT2D eigenvalue weighted by Crippen LogP contribution is -2.31. The predicted molar refractivity (Wildman–Crippen MR) is 115 cm³/mol. The number of rotatable bonds is 5. The summed E-state index contributed by atoms with van der Waals surface area (Å²) in [7, 11) is 3.11. The van der Waals surface area contributed by atoms with Crippen molar-refractivity contribution >= 4 is 28.5 Å². The lowest BCUT2D eigenvalue weighted by molar-refractivity contribution is 0.0693. The molecule has 0 spiro atoms. The van der Waals surface area contributed by atoms with Gasteiger partial charge in [-0.2, -0.15) is 0 Å². The number of hydrogen-bond donors (Lipinski definition) is 2. The fraction of sp³-hybridized carbons (Fsp3) is 0.182. The van der Waals surface area contributed by atoms with E-state index in [0.717, 1.165) is 5.69 Å². The van der Waals surface area contributed by atoms with Crippen molar-refractivity contribution in [2.24, 2.45) is 7.05 Å². The lowest BCUT2D eigenvalue weighted by Gasteiger charge is -2.30. The SMILES string of the molecule is COc1nc2ccc(C(O)(c3ccc(C)nc3)c3cncn3C)cc2c(Cl)c1C(=O)O. The first-order chi connectivity index (χ1) is 14.8. The number of benzene rings is 1. The summed E-state index contributed by atoms with van der Waals surface area (Å²) in [6.07, 6.45) is 4.76. The molecule has 158 valence electrons. The molecule has 4 aromatic rings. The summed E-state index contributed by atoms with van der Waals surface area (Å²) in [5.74, 6) is -1.34. The van der Waals surface area contributed by atoms with Gasteiger partial charge in [0.05, 0.1) is 35.9 Å². The maximum Gasteiger partial charge on any atom is 0.342 e. The van der Waals surface area contributed by atoms with Crippen LogP contribution in [0.4, 0.5) is 0 Å². The Bertz CT molecular complexity index is 1300. The van der Waals surface area contributed by atoms with Gasteiger partial charge in [-0.15, -0.1) is 0 Å². The summed E-state index contributed by atoms with van der Waals surface area (Å²) in [6, 6.07) is 8.59. The van der Waals surface area contributed by atoms with Gasteiger partial charge in [0, 0.05) is 29.9 Å². The molecule has 1 atom stereocenters. The molecule has 2 N–H and O–H groups in total. The van der Waals surface area contributed by atoms with Crippen molar-refractivity contribution in [2.45, 2.75) is 12.5 Å². The standard InChI is InChI=1S/C22H19ClN4O4/c1-12-4-5-14(9-25-12)22(30,17-10-24-11-27(17)2)13-6-7-16-15(8-13)19(23)18(21(28)29)20(26-16)31-3/h4-11,30H,1-3H3,(H,28,29). The highest BCUT2D eigenvalue weighted by Gasteiger charge is 2.37. The zero-order valence-corrected chi connectivity index (χ0v) is 17.8. The number of nitrogens with zero attached hydrogens (tertiary/aromatic N) is 4. The average molecular weight is 439 g/mol. The van der Waals surface area contributed by atoms with Gasteiger partial charge in [0.1, 0.15) is 5.56 Å². The third-order valence-corrected chi connectivity index (χ3v) is 5.62. The average Bonchev–Trinajstić information content (AvgIpc) is 3.19. The molecule has 1 aromatic carbocycles. The minimum Gasteiger partial charge on any atom is -0.480 e. The van der Waals surface area contributed by atoms with Crippen molar-refractivity contribution in [3.63, 3.8) is 0 Å². The Morgan fingerprint density at radius 1 is 1.19 bits per heavy atom. The smallest absolute Gasteiger partial charge is 0.342 e. The molecule has 8 nitrogen and oxygen atoms in total. The predicted octanol–water partition coefficient (Wildman–Crippen LogP) is 3.32. The quantitative estimate of drug-likeness (QED) is 0.491. The Morgan fingerprint density at radius 2 is 1.94 bits per heavy atom. The van der Waals surface area contributed by atoms with Crippen LogP contribution in [0.2, 0.25) is 5.02 Å². The second-order valence-electron chi connectivity index (χ2n) is 7.14. The van der Waals surface area contributed by atoms with E-state index in [2.05, 4.69) is 15.0 Å². The van der Waals surface area contributed by atoms with Crippen LogP contribution in [0.5, 0.6) is 5.88 Å².